The second-order valence-corrected chi connectivity index (χ2v) is 7.81. The molecule has 2 aromatic rings. The Morgan fingerprint density at radius 1 is 1.12 bits per heavy atom. The lowest BCUT2D eigenvalue weighted by Gasteiger charge is -2.11. The monoisotopic (exact) mass is 346 g/mol. The lowest BCUT2D eigenvalue weighted by molar-refractivity contribution is 0.0948. The molecule has 0 aromatic heterocycles. The van der Waals surface area contributed by atoms with E-state index in [2.05, 4.69) is 5.32 Å². The molecule has 24 heavy (non-hydrogen) atoms. The van der Waals surface area contributed by atoms with Crippen molar-refractivity contribution in [2.24, 2.45) is 11.7 Å². The van der Waals surface area contributed by atoms with E-state index in [0.717, 1.165) is 0 Å². The molecule has 0 bridgehead atoms. The average molecular weight is 346 g/mol. The highest BCUT2D eigenvalue weighted by molar-refractivity contribution is 7.90. The third-order valence-electron chi connectivity index (χ3n) is 3.66. The van der Waals surface area contributed by atoms with Crippen LogP contribution in [0.3, 0.4) is 0 Å². The summed E-state index contributed by atoms with van der Waals surface area (Å²) >= 11 is 0. The standard InChI is InChI=1S/C18H22N2O3S/c1-14(11-19)12-20-18(21)16-7-5-6-15(10-16)13-24(22,23)17-8-3-2-4-9-17/h2-10,14H,11-13,19H2,1H3,(H,20,21). The van der Waals surface area contributed by atoms with Crippen molar-refractivity contribution in [3.8, 4) is 0 Å². The van der Waals surface area contributed by atoms with Crippen LogP contribution in [0.1, 0.15) is 22.8 Å². The smallest absolute Gasteiger partial charge is 0.251 e. The Kier molecular flexibility index (Phi) is 6.11. The normalized spacial score (nSPS) is 12.6. The fourth-order valence-electron chi connectivity index (χ4n) is 2.19. The summed E-state index contributed by atoms with van der Waals surface area (Å²) in [4.78, 5) is 12.4. The van der Waals surface area contributed by atoms with Crippen molar-refractivity contribution in [1.82, 2.24) is 5.32 Å². The van der Waals surface area contributed by atoms with Gasteiger partial charge >= 0.3 is 0 Å². The third-order valence-corrected chi connectivity index (χ3v) is 5.37. The predicted octanol–water partition coefficient (Wildman–Crippen LogP) is 1.99. The van der Waals surface area contributed by atoms with Crippen molar-refractivity contribution >= 4 is 15.7 Å². The molecular weight excluding hydrogens is 324 g/mol. The number of hydrogen-bond donors (Lipinski definition) is 2. The van der Waals surface area contributed by atoms with Crippen molar-refractivity contribution in [3.05, 3.63) is 65.7 Å². The molecule has 0 aliphatic rings. The third kappa shape index (κ3) is 4.91. The summed E-state index contributed by atoms with van der Waals surface area (Å²) in [6, 6.07) is 15.0. The van der Waals surface area contributed by atoms with Gasteiger partial charge in [-0.3, -0.25) is 4.79 Å². The SMILES string of the molecule is CC(CN)CNC(=O)c1cccc(CS(=O)(=O)c2ccccc2)c1. The second-order valence-electron chi connectivity index (χ2n) is 5.82. The molecule has 0 radical (unpaired) electrons. The van der Waals surface area contributed by atoms with Crippen molar-refractivity contribution in [3.63, 3.8) is 0 Å². The minimum Gasteiger partial charge on any atom is -0.352 e. The first kappa shape index (κ1) is 18.2. The molecule has 0 saturated carbocycles. The van der Waals surface area contributed by atoms with Gasteiger partial charge in [-0.2, -0.15) is 0 Å². The molecule has 0 saturated heterocycles. The van der Waals surface area contributed by atoms with Gasteiger partial charge < -0.3 is 11.1 Å². The predicted molar refractivity (Wildman–Crippen MR) is 94.3 cm³/mol. The molecule has 6 heteroatoms. The van der Waals surface area contributed by atoms with E-state index in [0.29, 0.717) is 24.2 Å². The zero-order valence-electron chi connectivity index (χ0n) is 13.6. The summed E-state index contributed by atoms with van der Waals surface area (Å²) in [5, 5.41) is 2.80. The maximum atomic E-state index is 12.4. The van der Waals surface area contributed by atoms with Crippen LogP contribution in [0.2, 0.25) is 0 Å². The lowest BCUT2D eigenvalue weighted by Crippen LogP contribution is -2.31. The van der Waals surface area contributed by atoms with Gasteiger partial charge in [0.1, 0.15) is 0 Å². The number of sulfone groups is 1. The minimum atomic E-state index is -3.43. The van der Waals surface area contributed by atoms with E-state index >= 15 is 0 Å². The molecule has 0 aliphatic heterocycles. The highest BCUT2D eigenvalue weighted by Gasteiger charge is 2.16. The minimum absolute atomic E-state index is 0.142. The summed E-state index contributed by atoms with van der Waals surface area (Å²) in [5.74, 6) is -0.179. The van der Waals surface area contributed by atoms with E-state index in [9.17, 15) is 13.2 Å². The van der Waals surface area contributed by atoms with Crippen molar-refractivity contribution in [2.45, 2.75) is 17.6 Å². The van der Waals surface area contributed by atoms with E-state index < -0.39 is 9.84 Å². The fraction of sp³-hybridized carbons (Fsp3) is 0.278. The number of rotatable bonds is 7. The van der Waals surface area contributed by atoms with Crippen molar-refractivity contribution < 1.29 is 13.2 Å². The molecule has 0 aliphatic carbocycles. The van der Waals surface area contributed by atoms with Crippen LogP contribution >= 0.6 is 0 Å². The molecule has 0 fully saturated rings. The van der Waals surface area contributed by atoms with Gasteiger partial charge in [-0.25, -0.2) is 8.42 Å². The van der Waals surface area contributed by atoms with E-state index in [1.54, 1.807) is 54.6 Å². The number of carbonyl (C=O) groups excluding carboxylic acids is 1. The maximum Gasteiger partial charge on any atom is 0.251 e. The Labute approximate surface area is 142 Å². The first-order valence-electron chi connectivity index (χ1n) is 7.77. The van der Waals surface area contributed by atoms with Crippen LogP contribution in [0.5, 0.6) is 0 Å². The number of benzene rings is 2. The Bertz CT molecular complexity index is 789. The summed E-state index contributed by atoms with van der Waals surface area (Å²) in [6.45, 7) is 2.93. The average Bonchev–Trinajstić information content (AvgIpc) is 2.60. The van der Waals surface area contributed by atoms with Gasteiger partial charge in [0.25, 0.3) is 5.91 Å². The van der Waals surface area contributed by atoms with E-state index in [1.165, 1.54) is 0 Å². The molecule has 1 amide bonds. The summed E-state index contributed by atoms with van der Waals surface area (Å²) in [7, 11) is -3.43. The largest absolute Gasteiger partial charge is 0.352 e. The quantitative estimate of drug-likeness (QED) is 0.802. The van der Waals surface area contributed by atoms with Gasteiger partial charge in [-0.15, -0.1) is 0 Å². The maximum absolute atomic E-state index is 12.4. The number of hydrogen-bond acceptors (Lipinski definition) is 4. The molecule has 128 valence electrons. The Hall–Kier alpha value is -2.18. The highest BCUT2D eigenvalue weighted by atomic mass is 32.2. The van der Waals surface area contributed by atoms with Crippen molar-refractivity contribution in [1.29, 1.82) is 0 Å². The van der Waals surface area contributed by atoms with Crippen LogP contribution in [0.15, 0.2) is 59.5 Å². The van der Waals surface area contributed by atoms with Crippen LogP contribution in [0, 0.1) is 5.92 Å². The zero-order chi connectivity index (χ0) is 17.6. The summed E-state index contributed by atoms with van der Waals surface area (Å²) in [6.07, 6.45) is 0. The molecule has 0 spiro atoms. The van der Waals surface area contributed by atoms with Gasteiger partial charge in [0.2, 0.25) is 0 Å². The Balaban J connectivity index is 2.12. The topological polar surface area (TPSA) is 89.3 Å². The van der Waals surface area contributed by atoms with Crippen LogP contribution in [-0.2, 0) is 15.6 Å². The molecule has 2 aromatic carbocycles. The molecular formula is C18H22N2O3S. The number of nitrogens with one attached hydrogen (secondary N) is 1. The highest BCUT2D eigenvalue weighted by Crippen LogP contribution is 2.17. The number of nitrogens with two attached hydrogens (primary N) is 1. The van der Waals surface area contributed by atoms with E-state index in [4.69, 9.17) is 5.73 Å². The van der Waals surface area contributed by atoms with Crippen LogP contribution in [-0.4, -0.2) is 27.4 Å². The molecule has 2 rings (SSSR count). The van der Waals surface area contributed by atoms with Gasteiger partial charge in [0.05, 0.1) is 10.6 Å². The van der Waals surface area contributed by atoms with Crippen LogP contribution in [0.4, 0.5) is 0 Å². The van der Waals surface area contributed by atoms with Gasteiger partial charge in [0.15, 0.2) is 9.84 Å². The lowest BCUT2D eigenvalue weighted by atomic mass is 10.1. The molecule has 1 unspecified atom stereocenters. The first-order valence-corrected chi connectivity index (χ1v) is 9.42. The summed E-state index contributed by atoms with van der Waals surface area (Å²) < 4.78 is 24.8. The van der Waals surface area contributed by atoms with Gasteiger partial charge in [-0.05, 0) is 42.3 Å². The molecule has 3 N–H and O–H groups in total. The van der Waals surface area contributed by atoms with Crippen LogP contribution in [0.25, 0.3) is 0 Å². The second kappa shape index (κ2) is 8.08. The Morgan fingerprint density at radius 2 is 1.83 bits per heavy atom. The van der Waals surface area contributed by atoms with Gasteiger partial charge in [0, 0.05) is 12.1 Å². The number of amides is 1. The fourth-order valence-corrected chi connectivity index (χ4v) is 3.54. The molecule has 1 atom stereocenters. The molecule has 0 heterocycles. The summed E-state index contributed by atoms with van der Waals surface area (Å²) in [5.41, 5.74) is 6.55. The van der Waals surface area contributed by atoms with Crippen molar-refractivity contribution in [2.75, 3.05) is 13.1 Å². The van der Waals surface area contributed by atoms with E-state index in [1.807, 2.05) is 6.92 Å². The first-order chi connectivity index (χ1) is 11.4. The number of carbonyl (C=O) groups is 1. The molecule has 5 nitrogen and oxygen atoms in total. The van der Waals surface area contributed by atoms with E-state index in [-0.39, 0.29) is 22.5 Å². The van der Waals surface area contributed by atoms with Gasteiger partial charge in [-0.1, -0.05) is 37.3 Å². The zero-order valence-corrected chi connectivity index (χ0v) is 14.4. The Morgan fingerprint density at radius 3 is 2.50 bits per heavy atom. The van der Waals surface area contributed by atoms with Crippen LogP contribution < -0.4 is 11.1 Å².